The quantitative estimate of drug-likeness (QED) is 0.321. The molecule has 178 valence electrons. The lowest BCUT2D eigenvalue weighted by Gasteiger charge is -2.23. The maximum Gasteiger partial charge on any atom is 0.138 e. The van der Waals surface area contributed by atoms with Crippen molar-refractivity contribution in [2.45, 2.75) is 18.9 Å². The molecule has 9 heteroatoms. The van der Waals surface area contributed by atoms with Crippen molar-refractivity contribution in [3.63, 3.8) is 0 Å². The maximum atomic E-state index is 6.19. The molecular formula is C27H23N7O2. The van der Waals surface area contributed by atoms with Gasteiger partial charge in [0.05, 0.1) is 41.3 Å². The van der Waals surface area contributed by atoms with Gasteiger partial charge in [0.15, 0.2) is 0 Å². The van der Waals surface area contributed by atoms with Crippen LogP contribution < -0.4 is 10.1 Å². The maximum absolute atomic E-state index is 6.19. The summed E-state index contributed by atoms with van der Waals surface area (Å²) in [5.74, 6) is 0.767. The van der Waals surface area contributed by atoms with Crippen molar-refractivity contribution in [3.8, 4) is 39.7 Å². The van der Waals surface area contributed by atoms with Crippen molar-refractivity contribution in [1.82, 2.24) is 35.5 Å². The highest BCUT2D eigenvalue weighted by Gasteiger charge is 2.18. The molecule has 0 bridgehead atoms. The summed E-state index contributed by atoms with van der Waals surface area (Å²) in [6.07, 6.45) is 10.9. The summed E-state index contributed by atoms with van der Waals surface area (Å²) in [5.41, 5.74) is 7.71. The molecule has 0 aliphatic carbocycles. The summed E-state index contributed by atoms with van der Waals surface area (Å²) in [4.78, 5) is 17.4. The molecule has 7 heterocycles. The van der Waals surface area contributed by atoms with Crippen molar-refractivity contribution in [1.29, 1.82) is 0 Å². The van der Waals surface area contributed by atoms with E-state index in [0.29, 0.717) is 0 Å². The van der Waals surface area contributed by atoms with Crippen LogP contribution in [-0.4, -0.2) is 49.3 Å². The molecule has 0 amide bonds. The van der Waals surface area contributed by atoms with Crippen molar-refractivity contribution in [2.24, 2.45) is 0 Å². The third kappa shape index (κ3) is 3.70. The van der Waals surface area contributed by atoms with Gasteiger partial charge in [-0.2, -0.15) is 5.10 Å². The van der Waals surface area contributed by atoms with Crippen LogP contribution in [0.5, 0.6) is 5.75 Å². The zero-order valence-electron chi connectivity index (χ0n) is 19.4. The van der Waals surface area contributed by atoms with E-state index in [9.17, 15) is 0 Å². The van der Waals surface area contributed by atoms with Crippen LogP contribution in [0.15, 0.2) is 71.9 Å². The van der Waals surface area contributed by atoms with E-state index in [1.54, 1.807) is 24.9 Å². The molecule has 0 saturated carbocycles. The summed E-state index contributed by atoms with van der Waals surface area (Å²) >= 11 is 0. The predicted octanol–water partition coefficient (Wildman–Crippen LogP) is 4.95. The standard InChI is InChI=1S/C27H23N7O2/c1-2-23-26(32-21(1)17-11-19(14-29-13-17)36-18-3-7-28-8-4-18)27(34-33-23)24-12-20-22(31-24)5-9-30-25(20)16-6-10-35-15-16/h1-2,5-6,9-15,18,28,31H,3-4,7-8H2,(H,33,34). The fourth-order valence-electron chi connectivity index (χ4n) is 4.79. The minimum absolute atomic E-state index is 0.211. The molecule has 0 radical (unpaired) electrons. The summed E-state index contributed by atoms with van der Waals surface area (Å²) in [7, 11) is 0. The molecule has 6 aromatic heterocycles. The third-order valence-corrected chi connectivity index (χ3v) is 6.60. The highest BCUT2D eigenvalue weighted by molar-refractivity contribution is 5.99. The van der Waals surface area contributed by atoms with E-state index in [0.717, 1.165) is 87.5 Å². The number of fused-ring (bicyclic) bond motifs is 2. The van der Waals surface area contributed by atoms with E-state index in [4.69, 9.17) is 14.1 Å². The molecule has 1 saturated heterocycles. The van der Waals surface area contributed by atoms with E-state index in [-0.39, 0.29) is 6.10 Å². The van der Waals surface area contributed by atoms with Crippen LogP contribution in [0.2, 0.25) is 0 Å². The Morgan fingerprint density at radius 1 is 0.944 bits per heavy atom. The van der Waals surface area contributed by atoms with E-state index < -0.39 is 0 Å². The number of nitrogens with one attached hydrogen (secondary N) is 3. The van der Waals surface area contributed by atoms with Crippen LogP contribution in [0.1, 0.15) is 12.8 Å². The monoisotopic (exact) mass is 477 g/mol. The molecule has 0 atom stereocenters. The molecule has 0 unspecified atom stereocenters. The van der Waals surface area contributed by atoms with Gasteiger partial charge in [-0.25, -0.2) is 4.98 Å². The van der Waals surface area contributed by atoms with Gasteiger partial charge in [0, 0.05) is 34.4 Å². The molecular weight excluding hydrogens is 454 g/mol. The largest absolute Gasteiger partial charge is 0.489 e. The van der Waals surface area contributed by atoms with Gasteiger partial charge in [0.2, 0.25) is 0 Å². The third-order valence-electron chi connectivity index (χ3n) is 6.60. The second-order valence-corrected chi connectivity index (χ2v) is 8.96. The summed E-state index contributed by atoms with van der Waals surface area (Å²) in [5, 5.41) is 12.0. The minimum atomic E-state index is 0.211. The first-order valence-corrected chi connectivity index (χ1v) is 12.0. The first-order chi connectivity index (χ1) is 17.8. The SMILES string of the molecule is c1cc2[nH]c(-c3n[nH]c4ccc(-c5cncc(OC6CCNCC6)c5)nc34)cc2c(-c2ccoc2)n1. The van der Waals surface area contributed by atoms with Crippen molar-refractivity contribution < 1.29 is 9.15 Å². The Hall–Kier alpha value is -4.50. The van der Waals surface area contributed by atoms with Gasteiger partial charge in [-0.15, -0.1) is 0 Å². The topological polar surface area (TPSA) is 118 Å². The Morgan fingerprint density at radius 2 is 1.89 bits per heavy atom. The highest BCUT2D eigenvalue weighted by atomic mass is 16.5. The lowest BCUT2D eigenvalue weighted by Crippen LogP contribution is -2.34. The van der Waals surface area contributed by atoms with Crippen molar-refractivity contribution in [2.75, 3.05) is 13.1 Å². The second kappa shape index (κ2) is 8.62. The van der Waals surface area contributed by atoms with Gasteiger partial charge < -0.3 is 19.5 Å². The molecule has 36 heavy (non-hydrogen) atoms. The highest BCUT2D eigenvalue weighted by Crippen LogP contribution is 2.33. The van der Waals surface area contributed by atoms with Crippen LogP contribution in [0.3, 0.4) is 0 Å². The normalized spacial score (nSPS) is 14.6. The Bertz CT molecular complexity index is 1660. The number of aromatic nitrogens is 6. The predicted molar refractivity (Wildman–Crippen MR) is 136 cm³/mol. The van der Waals surface area contributed by atoms with Crippen molar-refractivity contribution in [3.05, 3.63) is 67.5 Å². The Kier molecular flexibility index (Phi) is 4.99. The van der Waals surface area contributed by atoms with Gasteiger partial charge in [0.25, 0.3) is 0 Å². The first kappa shape index (κ1) is 20.8. The van der Waals surface area contributed by atoms with E-state index in [2.05, 4.69) is 36.5 Å². The number of furan rings is 1. The zero-order valence-corrected chi connectivity index (χ0v) is 19.4. The fraction of sp³-hybridized carbons (Fsp3) is 0.185. The number of nitrogens with zero attached hydrogens (tertiary/aromatic N) is 4. The Labute approximate surface area is 206 Å². The van der Waals surface area contributed by atoms with E-state index in [1.165, 1.54) is 0 Å². The molecule has 9 nitrogen and oxygen atoms in total. The summed E-state index contributed by atoms with van der Waals surface area (Å²) in [6.45, 7) is 1.96. The van der Waals surface area contributed by atoms with Gasteiger partial charge in [-0.3, -0.25) is 15.1 Å². The number of hydrogen-bond acceptors (Lipinski definition) is 7. The number of pyridine rings is 3. The molecule has 6 aromatic rings. The van der Waals surface area contributed by atoms with Crippen LogP contribution in [0, 0.1) is 0 Å². The van der Waals surface area contributed by atoms with E-state index in [1.807, 2.05) is 36.5 Å². The summed E-state index contributed by atoms with van der Waals surface area (Å²) < 4.78 is 11.5. The Balaban J connectivity index is 1.26. The number of piperidine rings is 1. The van der Waals surface area contributed by atoms with Crippen molar-refractivity contribution >= 4 is 21.9 Å². The zero-order chi connectivity index (χ0) is 23.9. The molecule has 0 spiro atoms. The first-order valence-electron chi connectivity index (χ1n) is 12.0. The average molecular weight is 478 g/mol. The summed E-state index contributed by atoms with van der Waals surface area (Å²) in [6, 6.07) is 11.9. The molecule has 3 N–H and O–H groups in total. The smallest absolute Gasteiger partial charge is 0.138 e. The van der Waals surface area contributed by atoms with Gasteiger partial charge in [-0.05, 0) is 62.3 Å². The second-order valence-electron chi connectivity index (χ2n) is 8.96. The lowest BCUT2D eigenvalue weighted by molar-refractivity contribution is 0.162. The van der Waals surface area contributed by atoms with Crippen LogP contribution in [0.25, 0.3) is 55.8 Å². The van der Waals surface area contributed by atoms with E-state index >= 15 is 0 Å². The van der Waals surface area contributed by atoms with Gasteiger partial charge in [-0.1, -0.05) is 0 Å². The average Bonchev–Trinajstić information content (AvgIpc) is 3.68. The van der Waals surface area contributed by atoms with Crippen LogP contribution in [-0.2, 0) is 0 Å². The van der Waals surface area contributed by atoms with Gasteiger partial charge >= 0.3 is 0 Å². The number of ether oxygens (including phenoxy) is 1. The van der Waals surface area contributed by atoms with Crippen LogP contribution >= 0.6 is 0 Å². The number of aromatic amines is 2. The molecule has 0 aromatic carbocycles. The lowest BCUT2D eigenvalue weighted by atomic mass is 10.1. The minimum Gasteiger partial charge on any atom is -0.489 e. The number of H-pyrrole nitrogens is 2. The number of rotatable bonds is 5. The van der Waals surface area contributed by atoms with Crippen LogP contribution in [0.4, 0.5) is 0 Å². The Morgan fingerprint density at radius 3 is 2.78 bits per heavy atom. The molecule has 1 aliphatic rings. The molecule has 7 rings (SSSR count). The molecule has 1 fully saturated rings. The molecule has 1 aliphatic heterocycles. The number of hydrogen-bond donors (Lipinski definition) is 3. The van der Waals surface area contributed by atoms with Gasteiger partial charge in [0.1, 0.15) is 23.1 Å². The fourth-order valence-corrected chi connectivity index (χ4v) is 4.79.